The number of carbonyl (C=O) groups is 4. The molecule has 3 unspecified atom stereocenters. The number of benzene rings is 3. The number of hydrogen-bond acceptors (Lipinski definition) is 12. The van der Waals surface area contributed by atoms with E-state index >= 15 is 0 Å². The van der Waals surface area contributed by atoms with Gasteiger partial charge in [-0.2, -0.15) is 11.8 Å². The molecule has 16 nitrogen and oxygen atoms in total. The fourth-order valence-electron chi connectivity index (χ4n) is 6.61. The molecule has 0 saturated carbocycles. The topological polar surface area (TPSA) is 203 Å². The number of nitrogens with zero attached hydrogens (tertiary/aromatic N) is 2. The Morgan fingerprint density at radius 2 is 1.70 bits per heavy atom. The molecule has 6 N–H and O–H groups in total. The molecule has 4 aromatic rings. The number of anilines is 3. The van der Waals surface area contributed by atoms with Gasteiger partial charge in [-0.25, -0.2) is 19.2 Å². The molecule has 324 valence electrons. The third-order valence-corrected chi connectivity index (χ3v) is 11.4. The van der Waals surface area contributed by atoms with E-state index in [1.165, 1.54) is 37.7 Å². The number of halogens is 2. The average molecular weight is 879 g/mol. The van der Waals surface area contributed by atoms with E-state index in [9.17, 15) is 23.6 Å². The van der Waals surface area contributed by atoms with Crippen LogP contribution in [-0.2, 0) is 23.9 Å². The van der Waals surface area contributed by atoms with E-state index in [0.29, 0.717) is 83.2 Å². The second-order valence-electron chi connectivity index (χ2n) is 14.0. The SMILES string of the molecule is COc1cc(/C=C/C(=O)Nc2ccc3ncnc(Nc4ccc(F)c(Cl)c4)c3c2)ccc1OCC(=O)NCCOCCOCCNC(=O)CCCCC1SCC2NC(=O)NC21. The smallest absolute Gasteiger partial charge is 0.315 e. The summed E-state index contributed by atoms with van der Waals surface area (Å²) in [5.74, 6) is 0.844. The van der Waals surface area contributed by atoms with E-state index in [1.807, 2.05) is 11.8 Å². The second-order valence-corrected chi connectivity index (χ2v) is 15.7. The molecular weight excluding hydrogens is 831 g/mol. The molecule has 2 aliphatic heterocycles. The van der Waals surface area contributed by atoms with Crippen molar-refractivity contribution in [1.82, 2.24) is 31.2 Å². The zero-order valence-corrected chi connectivity index (χ0v) is 35.0. The van der Waals surface area contributed by atoms with Gasteiger partial charge in [0.15, 0.2) is 18.1 Å². The first-order valence-electron chi connectivity index (χ1n) is 19.8. The molecule has 2 saturated heterocycles. The number of ether oxygens (including phenoxy) is 4. The van der Waals surface area contributed by atoms with Crippen LogP contribution in [0.25, 0.3) is 17.0 Å². The van der Waals surface area contributed by atoms with Gasteiger partial charge in [-0.3, -0.25) is 14.4 Å². The van der Waals surface area contributed by atoms with Gasteiger partial charge in [-0.1, -0.05) is 24.1 Å². The number of unbranched alkanes of at least 4 members (excludes halogenated alkanes) is 1. The summed E-state index contributed by atoms with van der Waals surface area (Å²) in [6, 6.07) is 14.8. The van der Waals surface area contributed by atoms with E-state index in [0.717, 1.165) is 25.0 Å². The van der Waals surface area contributed by atoms with E-state index < -0.39 is 5.82 Å². The van der Waals surface area contributed by atoms with Crippen LogP contribution in [-0.4, -0.2) is 110 Å². The Hall–Kier alpha value is -5.69. The van der Waals surface area contributed by atoms with Crippen LogP contribution in [0, 0.1) is 5.82 Å². The van der Waals surface area contributed by atoms with Crippen molar-refractivity contribution in [3.05, 3.63) is 83.4 Å². The lowest BCUT2D eigenvalue weighted by Crippen LogP contribution is -2.36. The number of thioether (sulfide) groups is 1. The lowest BCUT2D eigenvalue weighted by atomic mass is 10.0. The molecule has 3 aromatic carbocycles. The van der Waals surface area contributed by atoms with Crippen LogP contribution in [0.5, 0.6) is 11.5 Å². The summed E-state index contributed by atoms with van der Waals surface area (Å²) < 4.78 is 35.8. The highest BCUT2D eigenvalue weighted by Crippen LogP contribution is 2.33. The molecule has 2 aliphatic rings. The minimum Gasteiger partial charge on any atom is -0.493 e. The maximum absolute atomic E-state index is 13.6. The summed E-state index contributed by atoms with van der Waals surface area (Å²) in [6.45, 7) is 1.80. The predicted octanol–water partition coefficient (Wildman–Crippen LogP) is 5.20. The molecular formula is C42H48ClFN8O8S. The molecule has 1 aromatic heterocycles. The Balaban J connectivity index is 0.812. The fraction of sp³-hybridized carbons (Fsp3) is 0.381. The monoisotopic (exact) mass is 878 g/mol. The van der Waals surface area contributed by atoms with Crippen LogP contribution < -0.4 is 41.4 Å². The molecule has 61 heavy (non-hydrogen) atoms. The summed E-state index contributed by atoms with van der Waals surface area (Å²) >= 11 is 7.80. The molecule has 3 atom stereocenters. The van der Waals surface area contributed by atoms with Crippen LogP contribution in [0.4, 0.5) is 26.4 Å². The van der Waals surface area contributed by atoms with Gasteiger partial charge in [0.05, 0.1) is 56.2 Å². The molecule has 3 heterocycles. The zero-order valence-electron chi connectivity index (χ0n) is 33.5. The molecule has 0 spiro atoms. The Labute approximate surface area is 361 Å². The molecule has 0 radical (unpaired) electrons. The summed E-state index contributed by atoms with van der Waals surface area (Å²) in [5, 5.41) is 18.5. The van der Waals surface area contributed by atoms with E-state index in [1.54, 1.807) is 42.5 Å². The van der Waals surface area contributed by atoms with Crippen molar-refractivity contribution in [2.45, 2.75) is 43.0 Å². The van der Waals surface area contributed by atoms with E-state index in [-0.39, 0.29) is 60.6 Å². The molecule has 19 heteroatoms. The van der Waals surface area contributed by atoms with Crippen LogP contribution in [0.15, 0.2) is 67.0 Å². The van der Waals surface area contributed by atoms with Gasteiger partial charge in [0.1, 0.15) is 18.0 Å². The number of rotatable bonds is 23. The number of nitrogens with one attached hydrogen (secondary N) is 6. The standard InChI is InChI=1S/C42H48ClFN8O8S/c1-57-35-20-26(7-13-38(54)49-27-9-11-32-29(21-27)41(48-25-47-32)50-28-8-10-31(44)30(43)22-28)6-12-34(35)60-23-39(55)46-15-17-59-19-18-58-16-14-45-37(53)5-3-2-4-36-40-33(24-61-36)51-42(56)52-40/h6-13,20-22,25,33,36,40H,2-5,14-19,23-24H2,1H3,(H,45,53)(H,46,55)(H,49,54)(H,47,48,50)(H2,51,52,56)/b13-7+. The highest BCUT2D eigenvalue weighted by molar-refractivity contribution is 8.00. The van der Waals surface area contributed by atoms with Gasteiger partial charge in [0, 0.05) is 53.4 Å². The number of urea groups is 1. The minimum atomic E-state index is -0.534. The fourth-order valence-corrected chi connectivity index (χ4v) is 8.34. The van der Waals surface area contributed by atoms with Crippen molar-refractivity contribution < 1.29 is 42.5 Å². The largest absolute Gasteiger partial charge is 0.493 e. The maximum atomic E-state index is 13.6. The van der Waals surface area contributed by atoms with Crippen LogP contribution >= 0.6 is 23.4 Å². The number of aromatic nitrogens is 2. The Bertz CT molecular complexity index is 2200. The quantitative estimate of drug-likeness (QED) is 0.0324. The predicted molar refractivity (Wildman–Crippen MR) is 232 cm³/mol. The summed E-state index contributed by atoms with van der Waals surface area (Å²) in [5.41, 5.74) is 2.33. The van der Waals surface area contributed by atoms with Crippen molar-refractivity contribution in [2.24, 2.45) is 0 Å². The summed E-state index contributed by atoms with van der Waals surface area (Å²) in [7, 11) is 1.47. The second kappa shape index (κ2) is 22.8. The van der Waals surface area contributed by atoms with Crippen molar-refractivity contribution in [3.63, 3.8) is 0 Å². The zero-order chi connectivity index (χ0) is 43.0. The van der Waals surface area contributed by atoms with E-state index in [4.69, 9.17) is 30.5 Å². The van der Waals surface area contributed by atoms with Gasteiger partial charge >= 0.3 is 6.03 Å². The third-order valence-electron chi connectivity index (χ3n) is 9.65. The molecule has 6 rings (SSSR count). The number of amides is 5. The highest BCUT2D eigenvalue weighted by Gasteiger charge is 2.42. The van der Waals surface area contributed by atoms with Gasteiger partial charge in [0.2, 0.25) is 11.8 Å². The maximum Gasteiger partial charge on any atom is 0.315 e. The third kappa shape index (κ3) is 13.7. The number of carbonyl (C=O) groups excluding carboxylic acids is 4. The first-order chi connectivity index (χ1) is 29.6. The number of hydrogen-bond donors (Lipinski definition) is 6. The normalized spacial score (nSPS) is 16.8. The van der Waals surface area contributed by atoms with Crippen LogP contribution in [0.1, 0.15) is 31.2 Å². The van der Waals surface area contributed by atoms with Gasteiger partial charge in [-0.05, 0) is 73.0 Å². The van der Waals surface area contributed by atoms with Crippen molar-refractivity contribution in [2.75, 3.05) is 69.6 Å². The highest BCUT2D eigenvalue weighted by atomic mass is 35.5. The Morgan fingerprint density at radius 3 is 2.49 bits per heavy atom. The first-order valence-corrected chi connectivity index (χ1v) is 21.2. The van der Waals surface area contributed by atoms with Gasteiger partial charge < -0.3 is 50.8 Å². The van der Waals surface area contributed by atoms with Gasteiger partial charge in [-0.15, -0.1) is 0 Å². The molecule has 0 aliphatic carbocycles. The van der Waals surface area contributed by atoms with E-state index in [2.05, 4.69) is 41.9 Å². The molecule has 2 fully saturated rings. The average Bonchev–Trinajstić information content (AvgIpc) is 3.82. The Kier molecular flexibility index (Phi) is 16.8. The number of fused-ring (bicyclic) bond motifs is 2. The minimum absolute atomic E-state index is 0.00429. The molecule has 0 bridgehead atoms. The summed E-state index contributed by atoms with van der Waals surface area (Å²) in [6.07, 6.45) is 7.55. The number of methoxy groups -OCH3 is 1. The lowest BCUT2D eigenvalue weighted by molar-refractivity contribution is -0.123. The van der Waals surface area contributed by atoms with Gasteiger partial charge in [0.25, 0.3) is 5.91 Å². The molecule has 5 amide bonds. The Morgan fingerprint density at radius 1 is 0.918 bits per heavy atom. The van der Waals surface area contributed by atoms with Crippen LogP contribution in [0.2, 0.25) is 5.02 Å². The van der Waals surface area contributed by atoms with Crippen molar-refractivity contribution >= 4 is 81.3 Å². The van der Waals surface area contributed by atoms with Crippen molar-refractivity contribution in [1.29, 1.82) is 0 Å². The summed E-state index contributed by atoms with van der Waals surface area (Å²) in [4.78, 5) is 57.4. The lowest BCUT2D eigenvalue weighted by Gasteiger charge is -2.16. The first kappa shape index (κ1) is 44.9. The van der Waals surface area contributed by atoms with Crippen LogP contribution in [0.3, 0.4) is 0 Å². The van der Waals surface area contributed by atoms with Crippen molar-refractivity contribution in [3.8, 4) is 11.5 Å².